The van der Waals surface area contributed by atoms with E-state index < -0.39 is 0 Å². The molecule has 0 saturated carbocycles. The second kappa shape index (κ2) is 5.45. The Morgan fingerprint density at radius 3 is 2.80 bits per heavy atom. The second-order valence-corrected chi connectivity index (χ2v) is 4.59. The maximum atomic E-state index is 8.87. The lowest BCUT2D eigenvalue weighted by Crippen LogP contribution is -2.05. The average molecular weight is 262 g/mol. The molecule has 0 unspecified atom stereocenters. The SMILES string of the molecule is N#Cc1ccc2nc(NCCc3ccccc3)[nH]c2c1. The zero-order valence-electron chi connectivity index (χ0n) is 10.9. The summed E-state index contributed by atoms with van der Waals surface area (Å²) in [5.74, 6) is 0.742. The molecule has 0 aliphatic rings. The quantitative estimate of drug-likeness (QED) is 0.759. The number of aromatic nitrogens is 2. The van der Waals surface area contributed by atoms with E-state index in [-0.39, 0.29) is 0 Å². The Labute approximate surface area is 117 Å². The molecule has 98 valence electrons. The van der Waals surface area contributed by atoms with Gasteiger partial charge >= 0.3 is 0 Å². The maximum Gasteiger partial charge on any atom is 0.201 e. The van der Waals surface area contributed by atoms with Gasteiger partial charge in [-0.3, -0.25) is 0 Å². The molecule has 0 bridgehead atoms. The first-order valence-electron chi connectivity index (χ1n) is 6.53. The predicted octanol–water partition coefficient (Wildman–Crippen LogP) is 3.09. The fraction of sp³-hybridized carbons (Fsp3) is 0.125. The third kappa shape index (κ3) is 2.62. The zero-order valence-corrected chi connectivity index (χ0v) is 10.9. The summed E-state index contributed by atoms with van der Waals surface area (Å²) in [6.45, 7) is 0.814. The minimum absolute atomic E-state index is 0.636. The molecule has 0 amide bonds. The van der Waals surface area contributed by atoms with Crippen LogP contribution in [0.4, 0.5) is 5.95 Å². The van der Waals surface area contributed by atoms with Gasteiger partial charge in [0.25, 0.3) is 0 Å². The van der Waals surface area contributed by atoms with E-state index in [4.69, 9.17) is 5.26 Å². The molecule has 4 heteroatoms. The number of nitrogens with one attached hydrogen (secondary N) is 2. The number of fused-ring (bicyclic) bond motifs is 1. The molecule has 0 aliphatic carbocycles. The average Bonchev–Trinajstić information content (AvgIpc) is 2.90. The zero-order chi connectivity index (χ0) is 13.8. The lowest BCUT2D eigenvalue weighted by molar-refractivity contribution is 1.000. The number of hydrogen-bond acceptors (Lipinski definition) is 3. The van der Waals surface area contributed by atoms with E-state index in [0.717, 1.165) is 29.9 Å². The van der Waals surface area contributed by atoms with Crippen LogP contribution in [0.5, 0.6) is 0 Å². The molecule has 2 N–H and O–H groups in total. The molecule has 0 fully saturated rings. The normalized spacial score (nSPS) is 10.3. The molecule has 2 aromatic carbocycles. The minimum Gasteiger partial charge on any atom is -0.355 e. The van der Waals surface area contributed by atoms with Gasteiger partial charge in [-0.05, 0) is 30.2 Å². The van der Waals surface area contributed by atoms with Crippen LogP contribution in [-0.2, 0) is 6.42 Å². The fourth-order valence-corrected chi connectivity index (χ4v) is 2.13. The summed E-state index contributed by atoms with van der Waals surface area (Å²) in [7, 11) is 0. The van der Waals surface area contributed by atoms with E-state index in [0.29, 0.717) is 5.56 Å². The van der Waals surface area contributed by atoms with Crippen molar-refractivity contribution in [3.05, 3.63) is 59.7 Å². The predicted molar refractivity (Wildman–Crippen MR) is 79.4 cm³/mol. The first kappa shape index (κ1) is 12.2. The summed E-state index contributed by atoms with van der Waals surface area (Å²) in [4.78, 5) is 7.63. The highest BCUT2D eigenvalue weighted by molar-refractivity contribution is 5.78. The lowest BCUT2D eigenvalue weighted by atomic mass is 10.1. The molecule has 1 heterocycles. The highest BCUT2D eigenvalue weighted by Gasteiger charge is 2.03. The van der Waals surface area contributed by atoms with Gasteiger partial charge in [-0.15, -0.1) is 0 Å². The Morgan fingerprint density at radius 2 is 2.00 bits per heavy atom. The van der Waals surface area contributed by atoms with Crippen LogP contribution in [-0.4, -0.2) is 16.5 Å². The molecule has 0 saturated heterocycles. The minimum atomic E-state index is 0.636. The molecule has 1 aromatic heterocycles. The number of nitriles is 1. The Bertz CT molecular complexity index is 753. The number of anilines is 1. The third-order valence-corrected chi connectivity index (χ3v) is 3.16. The van der Waals surface area contributed by atoms with Crippen LogP contribution in [0.3, 0.4) is 0 Å². The van der Waals surface area contributed by atoms with Gasteiger partial charge in [-0.1, -0.05) is 30.3 Å². The van der Waals surface area contributed by atoms with Crippen molar-refractivity contribution in [2.24, 2.45) is 0 Å². The van der Waals surface area contributed by atoms with Crippen LogP contribution in [0.25, 0.3) is 11.0 Å². The maximum absolute atomic E-state index is 8.87. The van der Waals surface area contributed by atoms with E-state index in [1.54, 1.807) is 6.07 Å². The topological polar surface area (TPSA) is 64.5 Å². The van der Waals surface area contributed by atoms with Gasteiger partial charge in [0.1, 0.15) is 0 Å². The van der Waals surface area contributed by atoms with Gasteiger partial charge in [-0.2, -0.15) is 5.26 Å². The van der Waals surface area contributed by atoms with Crippen molar-refractivity contribution in [3.63, 3.8) is 0 Å². The van der Waals surface area contributed by atoms with Gasteiger partial charge in [0, 0.05) is 6.54 Å². The molecule has 20 heavy (non-hydrogen) atoms. The van der Waals surface area contributed by atoms with Crippen molar-refractivity contribution < 1.29 is 0 Å². The fourth-order valence-electron chi connectivity index (χ4n) is 2.13. The van der Waals surface area contributed by atoms with Crippen molar-refractivity contribution in [1.29, 1.82) is 5.26 Å². The van der Waals surface area contributed by atoms with Crippen molar-refractivity contribution >= 4 is 17.0 Å². The highest BCUT2D eigenvalue weighted by Crippen LogP contribution is 2.15. The Hall–Kier alpha value is -2.80. The molecule has 0 spiro atoms. The van der Waals surface area contributed by atoms with Gasteiger partial charge in [0.05, 0.1) is 22.7 Å². The van der Waals surface area contributed by atoms with Crippen molar-refractivity contribution in [1.82, 2.24) is 9.97 Å². The van der Waals surface area contributed by atoms with Crippen LogP contribution < -0.4 is 5.32 Å². The van der Waals surface area contributed by atoms with Crippen LogP contribution in [0.15, 0.2) is 48.5 Å². The monoisotopic (exact) mass is 262 g/mol. The molecule has 3 rings (SSSR count). The molecule has 0 aliphatic heterocycles. The van der Waals surface area contributed by atoms with E-state index in [9.17, 15) is 0 Å². The largest absolute Gasteiger partial charge is 0.355 e. The van der Waals surface area contributed by atoms with E-state index in [2.05, 4.69) is 33.5 Å². The first-order chi connectivity index (χ1) is 9.85. The highest BCUT2D eigenvalue weighted by atomic mass is 15.1. The van der Waals surface area contributed by atoms with Gasteiger partial charge in [-0.25, -0.2) is 4.98 Å². The summed E-state index contributed by atoms with van der Waals surface area (Å²) in [6.07, 6.45) is 0.946. The molecular formula is C16H14N4. The smallest absolute Gasteiger partial charge is 0.201 e. The van der Waals surface area contributed by atoms with Crippen LogP contribution in [0, 0.1) is 11.3 Å². The first-order valence-corrected chi connectivity index (χ1v) is 6.53. The summed E-state index contributed by atoms with van der Waals surface area (Å²) < 4.78 is 0. The summed E-state index contributed by atoms with van der Waals surface area (Å²) in [5, 5.41) is 12.1. The van der Waals surface area contributed by atoms with Crippen LogP contribution in [0.2, 0.25) is 0 Å². The Kier molecular flexibility index (Phi) is 3.34. The molecule has 3 aromatic rings. The standard InChI is InChI=1S/C16H14N4/c17-11-13-6-7-14-15(10-13)20-16(19-14)18-9-8-12-4-2-1-3-5-12/h1-7,10H,8-9H2,(H2,18,19,20). The number of hydrogen-bond donors (Lipinski definition) is 2. The van der Waals surface area contributed by atoms with E-state index >= 15 is 0 Å². The number of nitrogens with zero attached hydrogens (tertiary/aromatic N) is 2. The molecular weight excluding hydrogens is 248 g/mol. The molecule has 4 nitrogen and oxygen atoms in total. The summed E-state index contributed by atoms with van der Waals surface area (Å²) >= 11 is 0. The summed E-state index contributed by atoms with van der Waals surface area (Å²) in [6, 6.07) is 17.9. The molecule has 0 radical (unpaired) electrons. The van der Waals surface area contributed by atoms with E-state index in [1.165, 1.54) is 5.56 Å². The Balaban J connectivity index is 1.67. The number of rotatable bonds is 4. The molecule has 0 atom stereocenters. The number of imidazole rings is 1. The van der Waals surface area contributed by atoms with Gasteiger partial charge in [0.2, 0.25) is 5.95 Å². The van der Waals surface area contributed by atoms with Crippen molar-refractivity contribution in [3.8, 4) is 6.07 Å². The lowest BCUT2D eigenvalue weighted by Gasteiger charge is -2.02. The number of aromatic amines is 1. The van der Waals surface area contributed by atoms with E-state index in [1.807, 2.05) is 30.3 Å². The van der Waals surface area contributed by atoms with Gasteiger partial charge < -0.3 is 10.3 Å². The second-order valence-electron chi connectivity index (χ2n) is 4.59. The van der Waals surface area contributed by atoms with Crippen LogP contribution in [0.1, 0.15) is 11.1 Å². The Morgan fingerprint density at radius 1 is 1.15 bits per heavy atom. The van der Waals surface area contributed by atoms with Crippen LogP contribution >= 0.6 is 0 Å². The van der Waals surface area contributed by atoms with Crippen molar-refractivity contribution in [2.45, 2.75) is 6.42 Å². The van der Waals surface area contributed by atoms with Gasteiger partial charge in [0.15, 0.2) is 0 Å². The number of H-pyrrole nitrogens is 1. The number of benzene rings is 2. The third-order valence-electron chi connectivity index (χ3n) is 3.16. The van der Waals surface area contributed by atoms with Crippen molar-refractivity contribution in [2.75, 3.05) is 11.9 Å². The summed E-state index contributed by atoms with van der Waals surface area (Å²) in [5.41, 5.74) is 3.68.